The number of methoxy groups -OCH3 is 1. The molecule has 6 nitrogen and oxygen atoms in total. The Morgan fingerprint density at radius 3 is 2.96 bits per heavy atom. The normalized spacial score (nSPS) is 19.3. The van der Waals surface area contributed by atoms with E-state index in [1.807, 2.05) is 18.2 Å². The molecule has 130 valence electrons. The van der Waals surface area contributed by atoms with Crippen LogP contribution in [0.25, 0.3) is 0 Å². The monoisotopic (exact) mass is 349 g/mol. The minimum absolute atomic E-state index is 0.0391. The van der Waals surface area contributed by atoms with Crippen LogP contribution in [0.4, 0.5) is 0 Å². The molecule has 0 aliphatic carbocycles. The topological polar surface area (TPSA) is 75.3 Å². The van der Waals surface area contributed by atoms with Crippen LogP contribution < -0.4 is 4.74 Å². The Balaban J connectivity index is 1.88. The van der Waals surface area contributed by atoms with Crippen molar-refractivity contribution in [3.8, 4) is 5.75 Å². The lowest BCUT2D eigenvalue weighted by Gasteiger charge is -2.35. The van der Waals surface area contributed by atoms with Crippen molar-refractivity contribution in [2.45, 2.75) is 36.7 Å². The third kappa shape index (κ3) is 3.62. The van der Waals surface area contributed by atoms with Crippen molar-refractivity contribution in [2.24, 2.45) is 0 Å². The smallest absolute Gasteiger partial charge is 0.178 e. The van der Waals surface area contributed by atoms with Crippen LogP contribution in [0.1, 0.15) is 36.6 Å². The van der Waals surface area contributed by atoms with Gasteiger partial charge in [0.05, 0.1) is 25.0 Å². The summed E-state index contributed by atoms with van der Waals surface area (Å²) in [6.45, 7) is 1.69. The second kappa shape index (κ2) is 6.94. The maximum atomic E-state index is 12.0. The van der Waals surface area contributed by atoms with E-state index in [-0.39, 0.29) is 6.04 Å². The summed E-state index contributed by atoms with van der Waals surface area (Å²) in [5.41, 5.74) is 1.86. The number of likely N-dealkylation sites (tertiary alicyclic amines) is 1. The quantitative estimate of drug-likeness (QED) is 0.898. The summed E-state index contributed by atoms with van der Waals surface area (Å²) >= 11 is 0. The lowest BCUT2D eigenvalue weighted by molar-refractivity contribution is 0.135. The van der Waals surface area contributed by atoms with Gasteiger partial charge in [-0.15, -0.1) is 0 Å². The van der Waals surface area contributed by atoms with Gasteiger partial charge >= 0.3 is 0 Å². The van der Waals surface area contributed by atoms with Gasteiger partial charge in [-0.2, -0.15) is 5.10 Å². The largest absolute Gasteiger partial charge is 0.497 e. The summed E-state index contributed by atoms with van der Waals surface area (Å²) in [4.78, 5) is 2.63. The number of aromatic amines is 1. The minimum atomic E-state index is -3.29. The molecule has 0 unspecified atom stereocenters. The van der Waals surface area contributed by atoms with Crippen molar-refractivity contribution >= 4 is 9.84 Å². The van der Waals surface area contributed by atoms with Crippen LogP contribution in [0.5, 0.6) is 5.75 Å². The van der Waals surface area contributed by atoms with E-state index in [0.717, 1.165) is 43.7 Å². The molecule has 0 saturated carbocycles. The molecule has 0 bridgehead atoms. The fraction of sp³-hybridized carbons (Fsp3) is 0.471. The lowest BCUT2D eigenvalue weighted by atomic mass is 9.98. The zero-order valence-electron chi connectivity index (χ0n) is 14.0. The van der Waals surface area contributed by atoms with Gasteiger partial charge in [0, 0.05) is 12.8 Å². The van der Waals surface area contributed by atoms with Crippen LogP contribution in [-0.2, 0) is 16.4 Å². The maximum Gasteiger partial charge on any atom is 0.178 e. The summed E-state index contributed by atoms with van der Waals surface area (Å²) in [5, 5.41) is 6.91. The third-order valence-electron chi connectivity index (χ3n) is 4.50. The second-order valence-electron chi connectivity index (χ2n) is 6.25. The molecular formula is C17H23N3O3S. The Hall–Kier alpha value is -1.86. The van der Waals surface area contributed by atoms with Gasteiger partial charge in [0.15, 0.2) is 9.84 Å². The van der Waals surface area contributed by atoms with E-state index in [1.54, 1.807) is 7.11 Å². The first-order valence-electron chi connectivity index (χ1n) is 8.09. The number of ether oxygens (including phenoxy) is 1. The predicted octanol–water partition coefficient (Wildman–Crippen LogP) is 2.55. The van der Waals surface area contributed by atoms with E-state index in [1.165, 1.54) is 12.5 Å². The molecule has 2 aromatic rings. The first kappa shape index (κ1) is 17.0. The Bertz CT molecular complexity index is 801. The molecule has 0 radical (unpaired) electrons. The van der Waals surface area contributed by atoms with E-state index in [2.05, 4.69) is 21.2 Å². The number of aromatic nitrogens is 2. The number of hydrogen-bond donors (Lipinski definition) is 1. The molecule has 0 amide bonds. The number of nitrogens with one attached hydrogen (secondary N) is 1. The SMILES string of the molecule is COc1cccc(CN2CCCC[C@H]2c2[nH]ncc2S(C)(=O)=O)c1. The van der Waals surface area contributed by atoms with Gasteiger partial charge in [0.2, 0.25) is 0 Å². The molecule has 2 heterocycles. The fourth-order valence-electron chi connectivity index (χ4n) is 3.33. The van der Waals surface area contributed by atoms with Crippen LogP contribution in [0, 0.1) is 0 Å². The van der Waals surface area contributed by atoms with Gasteiger partial charge in [0.25, 0.3) is 0 Å². The van der Waals surface area contributed by atoms with Crippen LogP contribution >= 0.6 is 0 Å². The molecule has 1 aliphatic heterocycles. The van der Waals surface area contributed by atoms with Gasteiger partial charge in [0.1, 0.15) is 10.6 Å². The van der Waals surface area contributed by atoms with Crippen LogP contribution in [0.2, 0.25) is 0 Å². The Kier molecular flexibility index (Phi) is 4.91. The van der Waals surface area contributed by atoms with Crippen molar-refractivity contribution in [3.63, 3.8) is 0 Å². The van der Waals surface area contributed by atoms with Gasteiger partial charge in [-0.25, -0.2) is 8.42 Å². The highest BCUT2D eigenvalue weighted by molar-refractivity contribution is 7.90. The van der Waals surface area contributed by atoms with E-state index < -0.39 is 9.84 Å². The molecule has 24 heavy (non-hydrogen) atoms. The number of sulfone groups is 1. The molecule has 1 fully saturated rings. The zero-order valence-corrected chi connectivity index (χ0v) is 14.8. The van der Waals surface area contributed by atoms with Crippen molar-refractivity contribution in [3.05, 3.63) is 41.7 Å². The third-order valence-corrected chi connectivity index (χ3v) is 5.62. The Labute approximate surface area is 142 Å². The number of benzene rings is 1. The maximum absolute atomic E-state index is 12.0. The number of rotatable bonds is 5. The standard InChI is InChI=1S/C17H23N3O3S/c1-23-14-7-5-6-13(10-14)12-20-9-4-3-8-15(20)17-16(11-18-19-17)24(2,21)22/h5-7,10-11,15H,3-4,8-9,12H2,1-2H3,(H,18,19)/t15-/m0/s1. The predicted molar refractivity (Wildman–Crippen MR) is 91.7 cm³/mol. The number of piperidine rings is 1. The molecule has 1 aliphatic rings. The first-order valence-corrected chi connectivity index (χ1v) is 9.98. The molecule has 7 heteroatoms. The molecule has 0 spiro atoms. The Morgan fingerprint density at radius 1 is 1.38 bits per heavy atom. The molecule has 1 N–H and O–H groups in total. The summed E-state index contributed by atoms with van der Waals surface area (Å²) in [5.74, 6) is 0.833. The highest BCUT2D eigenvalue weighted by atomic mass is 32.2. The summed E-state index contributed by atoms with van der Waals surface area (Å²) in [7, 11) is -1.63. The average molecular weight is 349 g/mol. The van der Waals surface area contributed by atoms with Gasteiger partial charge in [-0.3, -0.25) is 10.00 Å². The lowest BCUT2D eigenvalue weighted by Crippen LogP contribution is -2.33. The zero-order chi connectivity index (χ0) is 17.2. The summed E-state index contributed by atoms with van der Waals surface area (Å²) in [6, 6.07) is 8.03. The van der Waals surface area contributed by atoms with E-state index in [9.17, 15) is 8.42 Å². The van der Waals surface area contributed by atoms with E-state index in [0.29, 0.717) is 10.6 Å². The van der Waals surface area contributed by atoms with Gasteiger partial charge in [-0.05, 0) is 37.1 Å². The van der Waals surface area contributed by atoms with Gasteiger partial charge < -0.3 is 4.74 Å². The van der Waals surface area contributed by atoms with E-state index >= 15 is 0 Å². The van der Waals surface area contributed by atoms with Crippen molar-refractivity contribution in [1.29, 1.82) is 0 Å². The molecular weight excluding hydrogens is 326 g/mol. The van der Waals surface area contributed by atoms with Crippen molar-refractivity contribution < 1.29 is 13.2 Å². The molecule has 3 rings (SSSR count). The van der Waals surface area contributed by atoms with E-state index in [4.69, 9.17) is 4.74 Å². The number of H-pyrrole nitrogens is 1. The highest BCUT2D eigenvalue weighted by Crippen LogP contribution is 2.34. The van der Waals surface area contributed by atoms with Crippen LogP contribution in [-0.4, -0.2) is 43.4 Å². The fourth-order valence-corrected chi connectivity index (χ4v) is 4.16. The second-order valence-corrected chi connectivity index (χ2v) is 8.24. The summed E-state index contributed by atoms with van der Waals surface area (Å²) < 4.78 is 29.3. The number of nitrogens with zero attached hydrogens (tertiary/aromatic N) is 2. The molecule has 1 aromatic carbocycles. The van der Waals surface area contributed by atoms with Crippen LogP contribution in [0.3, 0.4) is 0 Å². The Morgan fingerprint density at radius 2 is 2.21 bits per heavy atom. The molecule has 1 atom stereocenters. The van der Waals surface area contributed by atoms with Crippen molar-refractivity contribution in [1.82, 2.24) is 15.1 Å². The highest BCUT2D eigenvalue weighted by Gasteiger charge is 2.30. The average Bonchev–Trinajstić information content (AvgIpc) is 3.05. The summed E-state index contributed by atoms with van der Waals surface area (Å²) in [6.07, 6.45) is 5.78. The van der Waals surface area contributed by atoms with Crippen molar-refractivity contribution in [2.75, 3.05) is 19.9 Å². The van der Waals surface area contributed by atoms with Gasteiger partial charge in [-0.1, -0.05) is 18.6 Å². The number of hydrogen-bond acceptors (Lipinski definition) is 5. The first-order chi connectivity index (χ1) is 11.5. The minimum Gasteiger partial charge on any atom is -0.497 e. The molecule has 1 aromatic heterocycles. The molecule has 1 saturated heterocycles. The van der Waals surface area contributed by atoms with Crippen LogP contribution in [0.15, 0.2) is 35.4 Å².